The fraction of sp³-hybridized carbons (Fsp3) is 0.0769. The number of aryl methyl sites for hydroxylation is 1. The summed E-state index contributed by atoms with van der Waals surface area (Å²) in [6.07, 6.45) is 0. The summed E-state index contributed by atoms with van der Waals surface area (Å²) in [7, 11) is 0. The second-order valence-electron chi connectivity index (χ2n) is 3.81. The van der Waals surface area contributed by atoms with Crippen molar-refractivity contribution < 1.29 is 0 Å². The maximum absolute atomic E-state index is 8.89. The summed E-state index contributed by atoms with van der Waals surface area (Å²) in [5, 5.41) is 17.7. The van der Waals surface area contributed by atoms with Crippen LogP contribution in [0.4, 0.5) is 17.2 Å². The topological polar surface area (TPSA) is 87.4 Å². The van der Waals surface area contributed by atoms with E-state index >= 15 is 0 Å². The van der Waals surface area contributed by atoms with Crippen LogP contribution < -0.4 is 5.73 Å². The summed E-state index contributed by atoms with van der Waals surface area (Å²) in [5.41, 5.74) is 7.69. The average molecular weight is 272 g/mol. The van der Waals surface area contributed by atoms with Gasteiger partial charge in [0, 0.05) is 5.02 Å². The van der Waals surface area contributed by atoms with E-state index in [2.05, 4.69) is 15.2 Å². The number of anilines is 1. The summed E-state index contributed by atoms with van der Waals surface area (Å²) in [4.78, 5) is 4.05. The third kappa shape index (κ3) is 3.06. The Hall–Kier alpha value is -2.45. The van der Waals surface area contributed by atoms with Gasteiger partial charge in [0.05, 0.1) is 16.9 Å². The molecule has 0 radical (unpaired) electrons. The molecule has 6 heteroatoms. The SMILES string of the molecule is Cc1nc(N)c(C#N)cc1N=Nc1ccc(Cl)cc1. The Kier molecular flexibility index (Phi) is 3.74. The number of aromatic nitrogens is 1. The van der Waals surface area contributed by atoms with Gasteiger partial charge in [0.2, 0.25) is 0 Å². The van der Waals surface area contributed by atoms with Crippen LogP contribution in [0.3, 0.4) is 0 Å². The highest BCUT2D eigenvalue weighted by Gasteiger charge is 2.05. The third-order valence-corrected chi connectivity index (χ3v) is 2.69. The maximum atomic E-state index is 8.89. The Morgan fingerprint density at radius 1 is 1.26 bits per heavy atom. The van der Waals surface area contributed by atoms with Crippen molar-refractivity contribution in [1.82, 2.24) is 4.98 Å². The Labute approximate surface area is 115 Å². The highest BCUT2D eigenvalue weighted by atomic mass is 35.5. The molecular formula is C13H10ClN5. The highest BCUT2D eigenvalue weighted by molar-refractivity contribution is 6.30. The lowest BCUT2D eigenvalue weighted by Gasteiger charge is -2.01. The van der Waals surface area contributed by atoms with Gasteiger partial charge in [0.25, 0.3) is 0 Å². The predicted octanol–water partition coefficient (Wildman–Crippen LogP) is 3.91. The summed E-state index contributed by atoms with van der Waals surface area (Å²) in [6, 6.07) is 10.5. The quantitative estimate of drug-likeness (QED) is 0.840. The van der Waals surface area contributed by atoms with E-state index in [1.54, 1.807) is 37.3 Å². The fourth-order valence-electron chi connectivity index (χ4n) is 1.42. The molecule has 0 saturated carbocycles. The molecule has 0 amide bonds. The van der Waals surface area contributed by atoms with Gasteiger partial charge < -0.3 is 5.73 Å². The molecule has 0 unspecified atom stereocenters. The number of nitrogen functional groups attached to an aromatic ring is 1. The number of azo groups is 1. The fourth-order valence-corrected chi connectivity index (χ4v) is 1.55. The smallest absolute Gasteiger partial charge is 0.141 e. The second kappa shape index (κ2) is 5.46. The first-order valence-corrected chi connectivity index (χ1v) is 5.82. The number of halogens is 1. The number of pyridine rings is 1. The number of nitriles is 1. The molecule has 0 bridgehead atoms. The van der Waals surface area contributed by atoms with Crippen molar-refractivity contribution in [2.45, 2.75) is 6.92 Å². The molecule has 0 aliphatic carbocycles. The van der Waals surface area contributed by atoms with Crippen LogP contribution in [0.2, 0.25) is 5.02 Å². The minimum atomic E-state index is 0.199. The molecule has 0 saturated heterocycles. The average Bonchev–Trinajstić information content (AvgIpc) is 2.40. The first-order chi connectivity index (χ1) is 9.10. The lowest BCUT2D eigenvalue weighted by Crippen LogP contribution is -1.96. The van der Waals surface area contributed by atoms with E-state index in [1.807, 2.05) is 6.07 Å². The van der Waals surface area contributed by atoms with E-state index in [9.17, 15) is 0 Å². The number of hydrogen-bond donors (Lipinski definition) is 1. The Bertz CT molecular complexity index is 671. The molecule has 1 aromatic heterocycles. The molecule has 0 aliphatic rings. The van der Waals surface area contributed by atoms with Crippen LogP contribution >= 0.6 is 11.6 Å². The van der Waals surface area contributed by atoms with Gasteiger partial charge in [0.1, 0.15) is 17.6 Å². The molecule has 5 nitrogen and oxygen atoms in total. The second-order valence-corrected chi connectivity index (χ2v) is 4.25. The summed E-state index contributed by atoms with van der Waals surface area (Å²) < 4.78 is 0. The molecule has 0 atom stereocenters. The summed E-state index contributed by atoms with van der Waals surface area (Å²) >= 11 is 5.78. The van der Waals surface area contributed by atoms with Crippen LogP contribution in [0.15, 0.2) is 40.6 Å². The van der Waals surface area contributed by atoms with Gasteiger partial charge in [-0.2, -0.15) is 10.4 Å². The first kappa shape index (κ1) is 13.0. The Morgan fingerprint density at radius 3 is 2.58 bits per heavy atom. The lowest BCUT2D eigenvalue weighted by molar-refractivity contribution is 1.13. The molecule has 0 aliphatic heterocycles. The standard InChI is InChI=1S/C13H10ClN5/c1-8-12(6-9(7-15)13(16)17-8)19-18-11-4-2-10(14)3-5-11/h2-6H,1H3,(H2,16,17). The van der Waals surface area contributed by atoms with Crippen LogP contribution in [0.25, 0.3) is 0 Å². The zero-order valence-electron chi connectivity index (χ0n) is 10.1. The van der Waals surface area contributed by atoms with Crippen molar-refractivity contribution in [1.29, 1.82) is 5.26 Å². The highest BCUT2D eigenvalue weighted by Crippen LogP contribution is 2.24. The van der Waals surface area contributed by atoms with Crippen molar-refractivity contribution in [2.75, 3.05) is 5.73 Å². The Balaban J connectivity index is 2.33. The number of hydrogen-bond acceptors (Lipinski definition) is 5. The van der Waals surface area contributed by atoms with Gasteiger partial charge >= 0.3 is 0 Å². The minimum absolute atomic E-state index is 0.199. The van der Waals surface area contributed by atoms with E-state index in [4.69, 9.17) is 22.6 Å². The van der Waals surface area contributed by atoms with Gasteiger partial charge in [-0.1, -0.05) is 11.6 Å². The molecule has 2 aromatic rings. The van der Waals surface area contributed by atoms with Crippen molar-refractivity contribution in [3.63, 3.8) is 0 Å². The van der Waals surface area contributed by atoms with Crippen LogP contribution in [-0.2, 0) is 0 Å². The molecule has 2 N–H and O–H groups in total. The molecule has 0 fully saturated rings. The normalized spacial score (nSPS) is 10.6. The van der Waals surface area contributed by atoms with Crippen molar-refractivity contribution in [3.8, 4) is 6.07 Å². The van der Waals surface area contributed by atoms with E-state index in [0.29, 0.717) is 22.1 Å². The van der Waals surface area contributed by atoms with Gasteiger partial charge in [0.15, 0.2) is 0 Å². The molecule has 1 aromatic carbocycles. The molecule has 0 spiro atoms. The summed E-state index contributed by atoms with van der Waals surface area (Å²) in [5.74, 6) is 0.199. The monoisotopic (exact) mass is 271 g/mol. The van der Waals surface area contributed by atoms with Gasteiger partial charge in [-0.25, -0.2) is 4.98 Å². The van der Waals surface area contributed by atoms with Gasteiger partial charge in [-0.15, -0.1) is 5.11 Å². The van der Waals surface area contributed by atoms with E-state index in [-0.39, 0.29) is 11.4 Å². The van der Waals surface area contributed by atoms with Gasteiger partial charge in [-0.05, 0) is 37.3 Å². The molecule has 2 rings (SSSR count). The van der Waals surface area contributed by atoms with Crippen LogP contribution in [0.1, 0.15) is 11.3 Å². The van der Waals surface area contributed by atoms with Crippen molar-refractivity contribution in [3.05, 3.63) is 46.6 Å². The number of benzene rings is 1. The number of nitrogens with zero attached hydrogens (tertiary/aromatic N) is 4. The van der Waals surface area contributed by atoms with Crippen LogP contribution in [0, 0.1) is 18.3 Å². The Morgan fingerprint density at radius 2 is 1.95 bits per heavy atom. The molecule has 1 heterocycles. The number of rotatable bonds is 2. The van der Waals surface area contributed by atoms with Gasteiger partial charge in [-0.3, -0.25) is 0 Å². The van der Waals surface area contributed by atoms with Crippen LogP contribution in [0.5, 0.6) is 0 Å². The predicted molar refractivity (Wildman–Crippen MR) is 73.7 cm³/mol. The maximum Gasteiger partial charge on any atom is 0.141 e. The van der Waals surface area contributed by atoms with Crippen molar-refractivity contribution >= 4 is 28.8 Å². The zero-order chi connectivity index (χ0) is 13.8. The van der Waals surface area contributed by atoms with E-state index in [1.165, 1.54) is 0 Å². The van der Waals surface area contributed by atoms with E-state index < -0.39 is 0 Å². The molecule has 19 heavy (non-hydrogen) atoms. The molecule has 94 valence electrons. The lowest BCUT2D eigenvalue weighted by atomic mass is 10.2. The van der Waals surface area contributed by atoms with Crippen molar-refractivity contribution in [2.24, 2.45) is 10.2 Å². The summed E-state index contributed by atoms with van der Waals surface area (Å²) in [6.45, 7) is 1.76. The van der Waals surface area contributed by atoms with E-state index in [0.717, 1.165) is 0 Å². The third-order valence-electron chi connectivity index (χ3n) is 2.44. The molecular weight excluding hydrogens is 262 g/mol. The number of nitrogens with two attached hydrogens (primary N) is 1. The minimum Gasteiger partial charge on any atom is -0.383 e. The largest absolute Gasteiger partial charge is 0.383 e. The zero-order valence-corrected chi connectivity index (χ0v) is 10.9. The first-order valence-electron chi connectivity index (χ1n) is 5.44. The van der Waals surface area contributed by atoms with Crippen LogP contribution in [-0.4, -0.2) is 4.98 Å².